The lowest BCUT2D eigenvalue weighted by atomic mass is 10.1. The van der Waals surface area contributed by atoms with Crippen LogP contribution in [-0.4, -0.2) is 42.3 Å². The number of ether oxygens (including phenoxy) is 1. The average Bonchev–Trinajstić information content (AvgIpc) is 2.92. The van der Waals surface area contributed by atoms with E-state index in [0.717, 1.165) is 25.7 Å². The van der Waals surface area contributed by atoms with Crippen molar-refractivity contribution in [1.82, 2.24) is 4.90 Å². The van der Waals surface area contributed by atoms with Gasteiger partial charge in [-0.1, -0.05) is 0 Å². The summed E-state index contributed by atoms with van der Waals surface area (Å²) in [5.41, 5.74) is 5.74. The molecular formula is C12H24N2O. The summed E-state index contributed by atoms with van der Waals surface area (Å²) in [6.45, 7) is 7.28. The molecular weight excluding hydrogens is 188 g/mol. The van der Waals surface area contributed by atoms with E-state index in [1.807, 2.05) is 0 Å². The monoisotopic (exact) mass is 212 g/mol. The molecule has 1 saturated carbocycles. The first-order valence-electron chi connectivity index (χ1n) is 6.23. The van der Waals surface area contributed by atoms with E-state index in [9.17, 15) is 0 Å². The number of rotatable bonds is 5. The van der Waals surface area contributed by atoms with Gasteiger partial charge in [0, 0.05) is 25.7 Å². The van der Waals surface area contributed by atoms with Gasteiger partial charge in [-0.2, -0.15) is 0 Å². The number of hydrogen-bond donors (Lipinski definition) is 1. The molecule has 2 N–H and O–H groups in total. The van der Waals surface area contributed by atoms with Crippen molar-refractivity contribution >= 4 is 0 Å². The van der Waals surface area contributed by atoms with Gasteiger partial charge in [-0.05, 0) is 39.5 Å². The van der Waals surface area contributed by atoms with Crippen molar-refractivity contribution in [3.63, 3.8) is 0 Å². The van der Waals surface area contributed by atoms with Crippen molar-refractivity contribution in [3.8, 4) is 0 Å². The van der Waals surface area contributed by atoms with Crippen molar-refractivity contribution in [2.45, 2.75) is 57.3 Å². The SMILES string of the molecule is CC1(C)CCC(CN(CCN)C2CC2)O1. The summed E-state index contributed by atoms with van der Waals surface area (Å²) >= 11 is 0. The third-order valence-corrected chi connectivity index (χ3v) is 3.47. The van der Waals surface area contributed by atoms with Gasteiger partial charge in [-0.15, -0.1) is 0 Å². The standard InChI is InChI=1S/C12H24N2O/c1-12(2)6-5-11(15-12)9-14(8-7-13)10-3-4-10/h10-11H,3-9,13H2,1-2H3. The maximum absolute atomic E-state index is 6.02. The van der Waals surface area contributed by atoms with E-state index in [1.165, 1.54) is 25.7 Å². The molecule has 1 unspecified atom stereocenters. The summed E-state index contributed by atoms with van der Waals surface area (Å²) in [6.07, 6.45) is 5.55. The van der Waals surface area contributed by atoms with E-state index >= 15 is 0 Å². The fraction of sp³-hybridized carbons (Fsp3) is 1.00. The second-order valence-electron chi connectivity index (χ2n) is 5.55. The first kappa shape index (κ1) is 11.4. The van der Waals surface area contributed by atoms with E-state index in [0.29, 0.717) is 6.10 Å². The lowest BCUT2D eigenvalue weighted by Crippen LogP contribution is -2.38. The van der Waals surface area contributed by atoms with Crippen LogP contribution in [0.4, 0.5) is 0 Å². The molecule has 0 aromatic rings. The summed E-state index contributed by atoms with van der Waals surface area (Å²) in [5, 5.41) is 0. The Hall–Kier alpha value is -0.120. The molecule has 3 heteroatoms. The largest absolute Gasteiger partial charge is 0.371 e. The molecule has 15 heavy (non-hydrogen) atoms. The predicted octanol–water partition coefficient (Wildman–Crippen LogP) is 1.37. The van der Waals surface area contributed by atoms with Gasteiger partial charge < -0.3 is 10.5 Å². The molecule has 1 aliphatic heterocycles. The lowest BCUT2D eigenvalue weighted by Gasteiger charge is -2.26. The van der Waals surface area contributed by atoms with Crippen LogP contribution in [0.25, 0.3) is 0 Å². The molecule has 2 aliphatic rings. The number of hydrogen-bond acceptors (Lipinski definition) is 3. The van der Waals surface area contributed by atoms with Gasteiger partial charge in [-0.25, -0.2) is 0 Å². The van der Waals surface area contributed by atoms with Crippen molar-refractivity contribution in [2.24, 2.45) is 5.73 Å². The van der Waals surface area contributed by atoms with Gasteiger partial charge in [-0.3, -0.25) is 4.90 Å². The van der Waals surface area contributed by atoms with Crippen molar-refractivity contribution in [1.29, 1.82) is 0 Å². The highest BCUT2D eigenvalue weighted by molar-refractivity contribution is 4.89. The van der Waals surface area contributed by atoms with Crippen LogP contribution in [0.15, 0.2) is 0 Å². The summed E-state index contributed by atoms with van der Waals surface area (Å²) in [6, 6.07) is 0.806. The van der Waals surface area contributed by atoms with Gasteiger partial charge in [0.05, 0.1) is 11.7 Å². The van der Waals surface area contributed by atoms with Crippen LogP contribution in [0.2, 0.25) is 0 Å². The Labute approximate surface area is 93.0 Å². The fourth-order valence-corrected chi connectivity index (χ4v) is 2.50. The smallest absolute Gasteiger partial charge is 0.0710 e. The van der Waals surface area contributed by atoms with E-state index in [2.05, 4.69) is 18.7 Å². The first-order valence-corrected chi connectivity index (χ1v) is 6.23. The lowest BCUT2D eigenvalue weighted by molar-refractivity contribution is -0.0293. The van der Waals surface area contributed by atoms with E-state index in [4.69, 9.17) is 10.5 Å². The molecule has 0 aromatic carbocycles. The first-order chi connectivity index (χ1) is 7.11. The Morgan fingerprint density at radius 2 is 2.07 bits per heavy atom. The molecule has 3 nitrogen and oxygen atoms in total. The third-order valence-electron chi connectivity index (χ3n) is 3.47. The van der Waals surface area contributed by atoms with Gasteiger partial charge >= 0.3 is 0 Å². The van der Waals surface area contributed by atoms with Crippen LogP contribution in [0.5, 0.6) is 0 Å². The summed E-state index contributed by atoms with van der Waals surface area (Å²) in [4.78, 5) is 2.52. The van der Waals surface area contributed by atoms with Gasteiger partial charge in [0.15, 0.2) is 0 Å². The molecule has 0 aromatic heterocycles. The molecule has 1 saturated heterocycles. The summed E-state index contributed by atoms with van der Waals surface area (Å²) in [7, 11) is 0. The van der Waals surface area contributed by atoms with Crippen LogP contribution in [0.1, 0.15) is 39.5 Å². The fourth-order valence-electron chi connectivity index (χ4n) is 2.50. The Morgan fingerprint density at radius 1 is 1.33 bits per heavy atom. The number of nitrogens with two attached hydrogens (primary N) is 1. The quantitative estimate of drug-likeness (QED) is 0.748. The molecule has 0 spiro atoms. The summed E-state index contributed by atoms with van der Waals surface area (Å²) in [5.74, 6) is 0. The zero-order chi connectivity index (χ0) is 10.9. The predicted molar refractivity (Wildman–Crippen MR) is 61.8 cm³/mol. The topological polar surface area (TPSA) is 38.5 Å². The van der Waals surface area contributed by atoms with Gasteiger partial charge in [0.2, 0.25) is 0 Å². The molecule has 0 radical (unpaired) electrons. The maximum Gasteiger partial charge on any atom is 0.0710 e. The molecule has 88 valence electrons. The van der Waals surface area contributed by atoms with Gasteiger partial charge in [0.1, 0.15) is 0 Å². The average molecular weight is 212 g/mol. The molecule has 2 rings (SSSR count). The van der Waals surface area contributed by atoms with Crippen LogP contribution in [0.3, 0.4) is 0 Å². The zero-order valence-electron chi connectivity index (χ0n) is 10.0. The van der Waals surface area contributed by atoms with Crippen LogP contribution >= 0.6 is 0 Å². The van der Waals surface area contributed by atoms with Crippen LogP contribution in [-0.2, 0) is 4.74 Å². The minimum Gasteiger partial charge on any atom is -0.371 e. The van der Waals surface area contributed by atoms with Gasteiger partial charge in [0.25, 0.3) is 0 Å². The van der Waals surface area contributed by atoms with Crippen LogP contribution in [0, 0.1) is 0 Å². The molecule has 1 heterocycles. The molecule has 1 aliphatic carbocycles. The highest BCUT2D eigenvalue weighted by atomic mass is 16.5. The second kappa shape index (κ2) is 4.40. The highest BCUT2D eigenvalue weighted by Gasteiger charge is 2.35. The molecule has 2 fully saturated rings. The zero-order valence-corrected chi connectivity index (χ0v) is 10.0. The maximum atomic E-state index is 6.02. The molecule has 0 amide bonds. The minimum absolute atomic E-state index is 0.0998. The Balaban J connectivity index is 1.79. The van der Waals surface area contributed by atoms with E-state index in [1.54, 1.807) is 0 Å². The Morgan fingerprint density at radius 3 is 2.53 bits per heavy atom. The normalized spacial score (nSPS) is 30.0. The van der Waals surface area contributed by atoms with Crippen molar-refractivity contribution in [3.05, 3.63) is 0 Å². The van der Waals surface area contributed by atoms with Crippen molar-refractivity contribution < 1.29 is 4.74 Å². The number of nitrogens with zero attached hydrogens (tertiary/aromatic N) is 1. The summed E-state index contributed by atoms with van der Waals surface area (Å²) < 4.78 is 6.02. The van der Waals surface area contributed by atoms with Crippen LogP contribution < -0.4 is 5.73 Å². The minimum atomic E-state index is 0.0998. The van der Waals surface area contributed by atoms with E-state index < -0.39 is 0 Å². The second-order valence-corrected chi connectivity index (χ2v) is 5.55. The Bertz CT molecular complexity index is 214. The Kier molecular flexibility index (Phi) is 3.33. The molecule has 1 atom stereocenters. The highest BCUT2D eigenvalue weighted by Crippen LogP contribution is 2.32. The van der Waals surface area contributed by atoms with E-state index in [-0.39, 0.29) is 5.60 Å². The third kappa shape index (κ3) is 3.16. The molecule has 0 bridgehead atoms. The van der Waals surface area contributed by atoms with Crippen molar-refractivity contribution in [2.75, 3.05) is 19.6 Å².